The summed E-state index contributed by atoms with van der Waals surface area (Å²) >= 11 is 1.62. The largest absolute Gasteiger partial charge is 0.300 e. The maximum absolute atomic E-state index is 12.3. The predicted octanol–water partition coefficient (Wildman–Crippen LogP) is 2.80. The van der Waals surface area contributed by atoms with E-state index in [2.05, 4.69) is 11.9 Å². The molecule has 0 saturated carbocycles. The Kier molecular flexibility index (Phi) is 2.60. The molecule has 86 valence electrons. The van der Waals surface area contributed by atoms with E-state index in [9.17, 15) is 4.79 Å². The van der Waals surface area contributed by atoms with Gasteiger partial charge in [0.1, 0.15) is 0 Å². The number of fused-ring (bicyclic) bond motifs is 2. The van der Waals surface area contributed by atoms with Gasteiger partial charge in [-0.2, -0.15) is 11.3 Å². The Morgan fingerprint density at radius 2 is 2.06 bits per heavy atom. The number of ketones is 1. The Hall–Kier alpha value is -0.670. The molecular formula is C13H17NOS. The maximum Gasteiger partial charge on any atom is 0.166 e. The molecule has 2 atom stereocenters. The zero-order chi connectivity index (χ0) is 11.1. The summed E-state index contributed by atoms with van der Waals surface area (Å²) in [5, 5.41) is 3.99. The Bertz CT molecular complexity index is 373. The first-order valence-electron chi connectivity index (χ1n) is 6.04. The summed E-state index contributed by atoms with van der Waals surface area (Å²) in [7, 11) is 2.22. The lowest BCUT2D eigenvalue weighted by atomic mass is 9.86. The van der Waals surface area contributed by atoms with Gasteiger partial charge in [-0.25, -0.2) is 0 Å². The van der Waals surface area contributed by atoms with Crippen LogP contribution in [0.4, 0.5) is 0 Å². The fraction of sp³-hybridized carbons (Fsp3) is 0.615. The third kappa shape index (κ3) is 1.62. The van der Waals surface area contributed by atoms with Crippen molar-refractivity contribution < 1.29 is 4.79 Å². The molecule has 2 aliphatic heterocycles. The van der Waals surface area contributed by atoms with Crippen molar-refractivity contribution in [2.24, 2.45) is 5.92 Å². The van der Waals surface area contributed by atoms with Gasteiger partial charge in [0, 0.05) is 28.9 Å². The van der Waals surface area contributed by atoms with E-state index in [1.165, 1.54) is 12.8 Å². The topological polar surface area (TPSA) is 20.3 Å². The summed E-state index contributed by atoms with van der Waals surface area (Å²) < 4.78 is 0. The molecule has 0 aromatic carbocycles. The number of carbonyl (C=O) groups excluding carboxylic acids is 1. The Morgan fingerprint density at radius 3 is 2.62 bits per heavy atom. The first-order chi connectivity index (χ1) is 7.75. The van der Waals surface area contributed by atoms with E-state index in [-0.39, 0.29) is 5.92 Å². The first kappa shape index (κ1) is 10.5. The van der Waals surface area contributed by atoms with Gasteiger partial charge in [-0.15, -0.1) is 0 Å². The molecule has 0 N–H and O–H groups in total. The molecule has 3 heteroatoms. The van der Waals surface area contributed by atoms with Crippen LogP contribution in [-0.4, -0.2) is 29.8 Å². The quantitative estimate of drug-likeness (QED) is 0.735. The van der Waals surface area contributed by atoms with E-state index in [1.807, 2.05) is 16.8 Å². The summed E-state index contributed by atoms with van der Waals surface area (Å²) in [5.41, 5.74) is 0.930. The minimum atomic E-state index is 0.281. The van der Waals surface area contributed by atoms with Gasteiger partial charge in [-0.1, -0.05) is 0 Å². The van der Waals surface area contributed by atoms with Gasteiger partial charge in [-0.3, -0.25) is 4.79 Å². The highest BCUT2D eigenvalue weighted by molar-refractivity contribution is 7.08. The van der Waals surface area contributed by atoms with Crippen LogP contribution >= 0.6 is 11.3 Å². The van der Waals surface area contributed by atoms with E-state index < -0.39 is 0 Å². The molecule has 2 unspecified atom stereocenters. The number of carbonyl (C=O) groups is 1. The summed E-state index contributed by atoms with van der Waals surface area (Å²) in [5.74, 6) is 0.662. The molecule has 16 heavy (non-hydrogen) atoms. The second kappa shape index (κ2) is 3.97. The minimum absolute atomic E-state index is 0.281. The predicted molar refractivity (Wildman–Crippen MR) is 65.9 cm³/mol. The molecule has 2 saturated heterocycles. The van der Waals surface area contributed by atoms with Gasteiger partial charge in [0.2, 0.25) is 0 Å². The van der Waals surface area contributed by atoms with E-state index >= 15 is 0 Å². The van der Waals surface area contributed by atoms with Crippen LogP contribution in [0, 0.1) is 5.92 Å². The lowest BCUT2D eigenvalue weighted by Gasteiger charge is -2.35. The minimum Gasteiger partial charge on any atom is -0.300 e. The molecular weight excluding hydrogens is 218 g/mol. The highest BCUT2D eigenvalue weighted by atomic mass is 32.1. The van der Waals surface area contributed by atoms with Crippen molar-refractivity contribution in [2.75, 3.05) is 7.05 Å². The van der Waals surface area contributed by atoms with Crippen LogP contribution < -0.4 is 0 Å². The number of piperidine rings is 1. The van der Waals surface area contributed by atoms with E-state index in [1.54, 1.807) is 11.3 Å². The van der Waals surface area contributed by atoms with Crippen LogP contribution in [0.2, 0.25) is 0 Å². The Labute approximate surface area is 100 Å². The molecule has 2 bridgehead atoms. The third-order valence-corrected chi connectivity index (χ3v) is 4.96. The first-order valence-corrected chi connectivity index (χ1v) is 6.98. The van der Waals surface area contributed by atoms with Crippen molar-refractivity contribution in [2.45, 2.75) is 37.8 Å². The zero-order valence-corrected chi connectivity index (χ0v) is 10.4. The summed E-state index contributed by atoms with van der Waals surface area (Å²) in [6.07, 6.45) is 4.71. The molecule has 3 heterocycles. The van der Waals surface area contributed by atoms with E-state index in [0.29, 0.717) is 17.9 Å². The maximum atomic E-state index is 12.3. The lowest BCUT2D eigenvalue weighted by Crippen LogP contribution is -2.42. The molecule has 0 aliphatic carbocycles. The average Bonchev–Trinajstić information content (AvgIpc) is 2.85. The monoisotopic (exact) mass is 235 g/mol. The Morgan fingerprint density at radius 1 is 1.38 bits per heavy atom. The van der Waals surface area contributed by atoms with Crippen molar-refractivity contribution in [1.29, 1.82) is 0 Å². The van der Waals surface area contributed by atoms with Crippen LogP contribution in [0.3, 0.4) is 0 Å². The standard InChI is InChI=1S/C13H17NOS/c1-14-11-2-3-12(14)7-10(6-11)13(15)9-4-5-16-8-9/h4-5,8,10-12H,2-3,6-7H2,1H3. The van der Waals surface area contributed by atoms with Crippen molar-refractivity contribution in [3.05, 3.63) is 22.4 Å². The molecule has 3 rings (SSSR count). The van der Waals surface area contributed by atoms with Crippen molar-refractivity contribution in [1.82, 2.24) is 4.90 Å². The third-order valence-electron chi connectivity index (χ3n) is 4.27. The van der Waals surface area contributed by atoms with Crippen LogP contribution in [0.25, 0.3) is 0 Å². The second-order valence-electron chi connectivity index (χ2n) is 5.10. The van der Waals surface area contributed by atoms with Gasteiger partial charge in [0.15, 0.2) is 5.78 Å². The molecule has 2 aliphatic rings. The van der Waals surface area contributed by atoms with Crippen LogP contribution in [0.5, 0.6) is 0 Å². The number of nitrogens with zero attached hydrogens (tertiary/aromatic N) is 1. The normalized spacial score (nSPS) is 34.2. The highest BCUT2D eigenvalue weighted by Crippen LogP contribution is 2.38. The molecule has 0 radical (unpaired) electrons. The highest BCUT2D eigenvalue weighted by Gasteiger charge is 2.40. The average molecular weight is 235 g/mol. The molecule has 1 aromatic rings. The molecule has 2 nitrogen and oxygen atoms in total. The lowest BCUT2D eigenvalue weighted by molar-refractivity contribution is 0.0767. The summed E-state index contributed by atoms with van der Waals surface area (Å²) in [6, 6.07) is 3.28. The van der Waals surface area contributed by atoms with E-state index in [0.717, 1.165) is 18.4 Å². The SMILES string of the molecule is CN1C2CCC1CC(C(=O)c1ccsc1)C2. The fourth-order valence-corrected chi connectivity index (χ4v) is 3.91. The van der Waals surface area contributed by atoms with Crippen LogP contribution in [0.1, 0.15) is 36.0 Å². The molecule has 1 aromatic heterocycles. The van der Waals surface area contributed by atoms with Crippen molar-refractivity contribution in [3.8, 4) is 0 Å². The zero-order valence-electron chi connectivity index (χ0n) is 9.56. The van der Waals surface area contributed by atoms with Gasteiger partial charge in [0.05, 0.1) is 0 Å². The summed E-state index contributed by atoms with van der Waals surface area (Å²) in [6.45, 7) is 0. The van der Waals surface area contributed by atoms with Crippen LogP contribution in [0.15, 0.2) is 16.8 Å². The number of thiophene rings is 1. The number of Topliss-reactive ketones (excluding diaryl/α,β-unsaturated/α-hetero) is 1. The number of hydrogen-bond acceptors (Lipinski definition) is 3. The van der Waals surface area contributed by atoms with Gasteiger partial charge in [0.25, 0.3) is 0 Å². The van der Waals surface area contributed by atoms with Gasteiger partial charge >= 0.3 is 0 Å². The van der Waals surface area contributed by atoms with Gasteiger partial charge in [-0.05, 0) is 44.2 Å². The van der Waals surface area contributed by atoms with Crippen molar-refractivity contribution >= 4 is 17.1 Å². The Balaban J connectivity index is 1.76. The number of hydrogen-bond donors (Lipinski definition) is 0. The summed E-state index contributed by atoms with van der Waals surface area (Å²) in [4.78, 5) is 14.8. The fourth-order valence-electron chi connectivity index (χ4n) is 3.27. The van der Waals surface area contributed by atoms with E-state index in [4.69, 9.17) is 0 Å². The van der Waals surface area contributed by atoms with Crippen LogP contribution in [-0.2, 0) is 0 Å². The molecule has 0 amide bonds. The van der Waals surface area contributed by atoms with Gasteiger partial charge < -0.3 is 4.90 Å². The second-order valence-corrected chi connectivity index (χ2v) is 5.88. The molecule has 2 fully saturated rings. The molecule has 0 spiro atoms. The van der Waals surface area contributed by atoms with Crippen molar-refractivity contribution in [3.63, 3.8) is 0 Å². The number of rotatable bonds is 2. The smallest absolute Gasteiger partial charge is 0.166 e.